The third kappa shape index (κ3) is 3.71. The summed E-state index contributed by atoms with van der Waals surface area (Å²) in [6.45, 7) is 1.75. The molecule has 0 radical (unpaired) electrons. The fourth-order valence-corrected chi connectivity index (χ4v) is 1.77. The predicted molar refractivity (Wildman–Crippen MR) is 69.9 cm³/mol. The Morgan fingerprint density at radius 3 is 2.47 bits per heavy atom. The molecule has 0 saturated heterocycles. The standard InChI is InChI=1S/C14H17NO4/c1-9-7-12(9)14(17)19-8-13(16)15-10-3-5-11(18-2)6-4-10/h3-6,9,12H,7-8H2,1-2H3,(H,15,16). The van der Waals surface area contributed by atoms with Gasteiger partial charge in [-0.05, 0) is 36.6 Å². The van der Waals surface area contributed by atoms with Crippen molar-refractivity contribution < 1.29 is 19.1 Å². The van der Waals surface area contributed by atoms with E-state index >= 15 is 0 Å². The van der Waals surface area contributed by atoms with Gasteiger partial charge in [0.05, 0.1) is 13.0 Å². The number of nitrogens with one attached hydrogen (secondary N) is 1. The van der Waals surface area contributed by atoms with Crippen molar-refractivity contribution in [3.8, 4) is 5.75 Å². The molecule has 5 nitrogen and oxygen atoms in total. The van der Waals surface area contributed by atoms with E-state index in [1.165, 1.54) is 0 Å². The Hall–Kier alpha value is -2.04. The van der Waals surface area contributed by atoms with Gasteiger partial charge in [-0.2, -0.15) is 0 Å². The first-order valence-electron chi connectivity index (χ1n) is 6.20. The van der Waals surface area contributed by atoms with Crippen molar-refractivity contribution in [1.29, 1.82) is 0 Å². The molecule has 1 aliphatic carbocycles. The van der Waals surface area contributed by atoms with Gasteiger partial charge in [0.15, 0.2) is 6.61 Å². The van der Waals surface area contributed by atoms with Gasteiger partial charge in [-0.15, -0.1) is 0 Å². The maximum absolute atomic E-state index is 11.6. The van der Waals surface area contributed by atoms with Crippen LogP contribution in [0.3, 0.4) is 0 Å². The Morgan fingerprint density at radius 1 is 1.32 bits per heavy atom. The highest BCUT2D eigenvalue weighted by molar-refractivity contribution is 5.93. The molecule has 1 aromatic rings. The molecule has 0 spiro atoms. The number of amides is 1. The molecule has 0 bridgehead atoms. The van der Waals surface area contributed by atoms with Crippen LogP contribution in [-0.4, -0.2) is 25.6 Å². The molecular formula is C14H17NO4. The zero-order chi connectivity index (χ0) is 13.8. The summed E-state index contributed by atoms with van der Waals surface area (Å²) in [5, 5.41) is 2.65. The number of carbonyl (C=O) groups is 2. The van der Waals surface area contributed by atoms with Crippen molar-refractivity contribution in [3.63, 3.8) is 0 Å². The van der Waals surface area contributed by atoms with Crippen LogP contribution < -0.4 is 10.1 Å². The lowest BCUT2D eigenvalue weighted by Gasteiger charge is -2.07. The molecular weight excluding hydrogens is 246 g/mol. The fraction of sp³-hybridized carbons (Fsp3) is 0.429. The molecule has 2 unspecified atom stereocenters. The van der Waals surface area contributed by atoms with Gasteiger partial charge < -0.3 is 14.8 Å². The molecule has 5 heteroatoms. The number of esters is 1. The van der Waals surface area contributed by atoms with Gasteiger partial charge in [0.1, 0.15) is 5.75 Å². The number of ether oxygens (including phenoxy) is 2. The lowest BCUT2D eigenvalue weighted by atomic mass is 10.3. The van der Waals surface area contributed by atoms with Crippen molar-refractivity contribution in [3.05, 3.63) is 24.3 Å². The van der Waals surface area contributed by atoms with Crippen LogP contribution in [-0.2, 0) is 14.3 Å². The summed E-state index contributed by atoms with van der Waals surface area (Å²) in [6.07, 6.45) is 0.860. The molecule has 1 aromatic carbocycles. The third-order valence-corrected chi connectivity index (χ3v) is 3.13. The van der Waals surface area contributed by atoms with Crippen LogP contribution in [0.25, 0.3) is 0 Å². The van der Waals surface area contributed by atoms with Crippen molar-refractivity contribution in [2.45, 2.75) is 13.3 Å². The van der Waals surface area contributed by atoms with E-state index in [1.807, 2.05) is 6.92 Å². The zero-order valence-electron chi connectivity index (χ0n) is 11.0. The minimum absolute atomic E-state index is 0.0196. The zero-order valence-corrected chi connectivity index (χ0v) is 11.0. The number of methoxy groups -OCH3 is 1. The average Bonchev–Trinajstić information content (AvgIpc) is 3.14. The molecule has 0 heterocycles. The number of benzene rings is 1. The van der Waals surface area contributed by atoms with Crippen molar-refractivity contribution in [2.75, 3.05) is 19.0 Å². The fourth-order valence-electron chi connectivity index (χ4n) is 1.77. The SMILES string of the molecule is COc1ccc(NC(=O)COC(=O)C2CC2C)cc1. The summed E-state index contributed by atoms with van der Waals surface area (Å²) >= 11 is 0. The summed E-state index contributed by atoms with van der Waals surface area (Å²) < 4.78 is 9.95. The van der Waals surface area contributed by atoms with Crippen molar-refractivity contribution in [1.82, 2.24) is 0 Å². The first-order valence-corrected chi connectivity index (χ1v) is 6.20. The van der Waals surface area contributed by atoms with Gasteiger partial charge in [-0.1, -0.05) is 6.92 Å². The molecule has 102 valence electrons. The quantitative estimate of drug-likeness (QED) is 0.823. The monoisotopic (exact) mass is 263 g/mol. The van der Waals surface area contributed by atoms with E-state index in [-0.39, 0.29) is 24.4 Å². The van der Waals surface area contributed by atoms with E-state index in [0.717, 1.165) is 6.42 Å². The summed E-state index contributed by atoms with van der Waals surface area (Å²) in [7, 11) is 1.58. The highest BCUT2D eigenvalue weighted by atomic mass is 16.5. The van der Waals surface area contributed by atoms with Crippen LogP contribution >= 0.6 is 0 Å². The minimum atomic E-state index is -0.341. The predicted octanol–water partition coefficient (Wildman–Crippen LogP) is 1.83. The van der Waals surface area contributed by atoms with Gasteiger partial charge in [0, 0.05) is 5.69 Å². The minimum Gasteiger partial charge on any atom is -0.497 e. The second kappa shape index (κ2) is 5.73. The summed E-state index contributed by atoms with van der Waals surface area (Å²) in [6, 6.07) is 6.93. The molecule has 19 heavy (non-hydrogen) atoms. The van der Waals surface area contributed by atoms with Gasteiger partial charge >= 0.3 is 5.97 Å². The first kappa shape index (κ1) is 13.4. The van der Waals surface area contributed by atoms with Gasteiger partial charge in [-0.25, -0.2) is 0 Å². The summed E-state index contributed by atoms with van der Waals surface area (Å²) in [4.78, 5) is 23.0. The smallest absolute Gasteiger partial charge is 0.309 e. The second-order valence-electron chi connectivity index (χ2n) is 4.70. The molecule has 1 fully saturated rings. The third-order valence-electron chi connectivity index (χ3n) is 3.13. The molecule has 0 aliphatic heterocycles. The number of anilines is 1. The molecule has 1 N–H and O–H groups in total. The van der Waals surface area contributed by atoms with Crippen molar-refractivity contribution in [2.24, 2.45) is 11.8 Å². The molecule has 2 rings (SSSR count). The molecule has 0 aromatic heterocycles. The van der Waals surface area contributed by atoms with Gasteiger partial charge in [-0.3, -0.25) is 9.59 Å². The molecule has 1 aliphatic rings. The molecule has 2 atom stereocenters. The van der Waals surface area contributed by atoms with Crippen LogP contribution in [0.1, 0.15) is 13.3 Å². The van der Waals surface area contributed by atoms with E-state index in [2.05, 4.69) is 5.32 Å². The normalized spacial score (nSPS) is 20.5. The summed E-state index contributed by atoms with van der Waals surface area (Å²) in [5.74, 6) is 0.460. The van der Waals surface area contributed by atoms with E-state index in [1.54, 1.807) is 31.4 Å². The Balaban J connectivity index is 1.75. The largest absolute Gasteiger partial charge is 0.497 e. The lowest BCUT2D eigenvalue weighted by Crippen LogP contribution is -2.21. The van der Waals surface area contributed by atoms with E-state index < -0.39 is 0 Å². The molecule has 1 amide bonds. The number of rotatable bonds is 5. The number of carbonyl (C=O) groups excluding carboxylic acids is 2. The number of hydrogen-bond donors (Lipinski definition) is 1. The van der Waals surface area contributed by atoms with Crippen LogP contribution in [0.2, 0.25) is 0 Å². The lowest BCUT2D eigenvalue weighted by molar-refractivity contribution is -0.148. The van der Waals surface area contributed by atoms with E-state index in [0.29, 0.717) is 17.4 Å². The maximum Gasteiger partial charge on any atom is 0.309 e. The number of hydrogen-bond acceptors (Lipinski definition) is 4. The molecule has 1 saturated carbocycles. The second-order valence-corrected chi connectivity index (χ2v) is 4.70. The Morgan fingerprint density at radius 2 is 1.95 bits per heavy atom. The Labute approximate surface area is 111 Å². The highest BCUT2D eigenvalue weighted by Gasteiger charge is 2.40. The first-order chi connectivity index (χ1) is 9.10. The van der Waals surface area contributed by atoms with Crippen LogP contribution in [0, 0.1) is 11.8 Å². The van der Waals surface area contributed by atoms with Gasteiger partial charge in [0.2, 0.25) is 0 Å². The van der Waals surface area contributed by atoms with E-state index in [4.69, 9.17) is 9.47 Å². The van der Waals surface area contributed by atoms with Crippen LogP contribution in [0.15, 0.2) is 24.3 Å². The maximum atomic E-state index is 11.6. The highest BCUT2D eigenvalue weighted by Crippen LogP contribution is 2.38. The van der Waals surface area contributed by atoms with Gasteiger partial charge in [0.25, 0.3) is 5.91 Å². The van der Waals surface area contributed by atoms with Crippen molar-refractivity contribution >= 4 is 17.6 Å². The van der Waals surface area contributed by atoms with E-state index in [9.17, 15) is 9.59 Å². The Bertz CT molecular complexity index is 469. The summed E-state index contributed by atoms with van der Waals surface area (Å²) in [5.41, 5.74) is 0.640. The average molecular weight is 263 g/mol. The Kier molecular flexibility index (Phi) is 4.04. The van der Waals surface area contributed by atoms with Crippen LogP contribution in [0.5, 0.6) is 5.75 Å². The van der Waals surface area contributed by atoms with Crippen LogP contribution in [0.4, 0.5) is 5.69 Å². The topological polar surface area (TPSA) is 64.6 Å².